The predicted molar refractivity (Wildman–Crippen MR) is 68.9 cm³/mol. The molecule has 0 saturated heterocycles. The average Bonchev–Trinajstić information content (AvgIpc) is 2.24. The van der Waals surface area contributed by atoms with E-state index in [1.54, 1.807) is 12.4 Å². The van der Waals surface area contributed by atoms with Crippen LogP contribution in [-0.2, 0) is 0 Å². The van der Waals surface area contributed by atoms with Gasteiger partial charge >= 0.3 is 0 Å². The van der Waals surface area contributed by atoms with Crippen LogP contribution in [0.4, 0.5) is 5.82 Å². The number of hydrogen-bond acceptors (Lipinski definition) is 3. The quantitative estimate of drug-likeness (QED) is 0.736. The second-order valence-corrected chi connectivity index (χ2v) is 4.51. The van der Waals surface area contributed by atoms with Crippen LogP contribution in [0.1, 0.15) is 46.0 Å². The Morgan fingerprint density at radius 2 is 2.12 bits per heavy atom. The first kappa shape index (κ1) is 13.2. The third-order valence-corrected chi connectivity index (χ3v) is 2.67. The second-order valence-electron chi connectivity index (χ2n) is 4.12. The molecule has 0 amide bonds. The normalized spacial score (nSPS) is 12.4. The van der Waals surface area contributed by atoms with E-state index >= 15 is 0 Å². The van der Waals surface area contributed by atoms with E-state index in [4.69, 9.17) is 11.6 Å². The molecule has 3 nitrogen and oxygen atoms in total. The average molecular weight is 242 g/mol. The first-order valence-electron chi connectivity index (χ1n) is 5.96. The molecule has 0 aliphatic carbocycles. The van der Waals surface area contributed by atoms with E-state index in [-0.39, 0.29) is 0 Å². The van der Waals surface area contributed by atoms with Crippen LogP contribution in [0, 0.1) is 0 Å². The molecule has 0 aromatic carbocycles. The van der Waals surface area contributed by atoms with E-state index in [0.29, 0.717) is 11.2 Å². The fourth-order valence-corrected chi connectivity index (χ4v) is 1.76. The summed E-state index contributed by atoms with van der Waals surface area (Å²) < 4.78 is 0. The summed E-state index contributed by atoms with van der Waals surface area (Å²) in [6, 6.07) is 0.421. The van der Waals surface area contributed by atoms with Crippen molar-refractivity contribution >= 4 is 17.4 Å². The molecule has 1 unspecified atom stereocenters. The minimum absolute atomic E-state index is 0.421. The van der Waals surface area contributed by atoms with Gasteiger partial charge in [0.2, 0.25) is 0 Å². The zero-order valence-electron chi connectivity index (χ0n) is 10.0. The Labute approximate surface area is 103 Å². The zero-order valence-corrected chi connectivity index (χ0v) is 10.8. The Morgan fingerprint density at radius 1 is 1.31 bits per heavy atom. The van der Waals surface area contributed by atoms with Gasteiger partial charge < -0.3 is 5.32 Å². The molecular formula is C12H20ClN3. The van der Waals surface area contributed by atoms with Gasteiger partial charge in [-0.1, -0.05) is 44.2 Å². The van der Waals surface area contributed by atoms with Crippen LogP contribution in [0.5, 0.6) is 0 Å². The maximum atomic E-state index is 5.76. The molecule has 0 bridgehead atoms. The number of nitrogens with one attached hydrogen (secondary N) is 1. The van der Waals surface area contributed by atoms with Crippen LogP contribution in [-0.4, -0.2) is 16.0 Å². The summed E-state index contributed by atoms with van der Waals surface area (Å²) in [4.78, 5) is 8.14. The molecule has 1 aromatic heterocycles. The third kappa shape index (κ3) is 5.31. The summed E-state index contributed by atoms with van der Waals surface area (Å²) in [6.45, 7) is 4.39. The number of nitrogens with zero attached hydrogens (tertiary/aromatic N) is 2. The number of hydrogen-bond donors (Lipinski definition) is 1. The monoisotopic (exact) mass is 241 g/mol. The highest BCUT2D eigenvalue weighted by Crippen LogP contribution is 2.11. The summed E-state index contributed by atoms with van der Waals surface area (Å²) in [5.41, 5.74) is 0. The largest absolute Gasteiger partial charge is 0.366 e. The summed E-state index contributed by atoms with van der Waals surface area (Å²) in [7, 11) is 0. The molecule has 1 heterocycles. The molecule has 0 aliphatic heterocycles. The third-order valence-electron chi connectivity index (χ3n) is 2.49. The standard InChI is InChI=1S/C12H20ClN3/c1-3-4-5-6-7-10(2)15-12-9-14-8-11(13)16-12/h8-10H,3-7H2,1-2H3,(H,15,16). The smallest absolute Gasteiger partial charge is 0.149 e. The Bertz CT molecular complexity index is 304. The van der Waals surface area contributed by atoms with Crippen molar-refractivity contribution in [2.24, 2.45) is 0 Å². The zero-order chi connectivity index (χ0) is 11.8. The highest BCUT2D eigenvalue weighted by Gasteiger charge is 2.03. The molecule has 1 rings (SSSR count). The Hall–Kier alpha value is -0.830. The fourth-order valence-electron chi connectivity index (χ4n) is 1.61. The van der Waals surface area contributed by atoms with E-state index in [9.17, 15) is 0 Å². The van der Waals surface area contributed by atoms with Gasteiger partial charge in [-0.25, -0.2) is 4.98 Å². The lowest BCUT2D eigenvalue weighted by Gasteiger charge is -2.13. The SMILES string of the molecule is CCCCCCC(C)Nc1cncc(Cl)n1. The van der Waals surface area contributed by atoms with Crippen molar-refractivity contribution in [2.75, 3.05) is 5.32 Å². The molecule has 0 spiro atoms. The molecule has 4 heteroatoms. The van der Waals surface area contributed by atoms with Crippen molar-refractivity contribution in [1.82, 2.24) is 9.97 Å². The van der Waals surface area contributed by atoms with Crippen molar-refractivity contribution in [3.8, 4) is 0 Å². The second kappa shape index (κ2) is 7.44. The molecule has 0 radical (unpaired) electrons. The Balaban J connectivity index is 2.25. The van der Waals surface area contributed by atoms with Gasteiger partial charge in [0.15, 0.2) is 0 Å². The van der Waals surface area contributed by atoms with E-state index in [1.807, 2.05) is 0 Å². The van der Waals surface area contributed by atoms with E-state index in [0.717, 1.165) is 12.2 Å². The molecule has 90 valence electrons. The minimum atomic E-state index is 0.421. The van der Waals surface area contributed by atoms with Crippen molar-refractivity contribution in [3.63, 3.8) is 0 Å². The lowest BCUT2D eigenvalue weighted by Crippen LogP contribution is -2.15. The van der Waals surface area contributed by atoms with Crippen LogP contribution < -0.4 is 5.32 Å². The maximum Gasteiger partial charge on any atom is 0.149 e. The lowest BCUT2D eigenvalue weighted by atomic mass is 10.1. The van der Waals surface area contributed by atoms with Crippen LogP contribution in [0.25, 0.3) is 0 Å². The van der Waals surface area contributed by atoms with Crippen LogP contribution in [0.2, 0.25) is 5.15 Å². The van der Waals surface area contributed by atoms with Crippen molar-refractivity contribution in [2.45, 2.75) is 52.0 Å². The summed E-state index contributed by atoms with van der Waals surface area (Å²) in [5.74, 6) is 0.760. The molecule has 0 fully saturated rings. The fraction of sp³-hybridized carbons (Fsp3) is 0.667. The molecule has 0 saturated carbocycles. The maximum absolute atomic E-state index is 5.76. The van der Waals surface area contributed by atoms with Crippen LogP contribution in [0.15, 0.2) is 12.4 Å². The topological polar surface area (TPSA) is 37.8 Å². The number of anilines is 1. The molecule has 1 aromatic rings. The van der Waals surface area contributed by atoms with Crippen LogP contribution >= 0.6 is 11.6 Å². The van der Waals surface area contributed by atoms with Gasteiger partial charge in [0, 0.05) is 6.04 Å². The van der Waals surface area contributed by atoms with Gasteiger partial charge in [-0.3, -0.25) is 4.98 Å². The van der Waals surface area contributed by atoms with E-state index < -0.39 is 0 Å². The lowest BCUT2D eigenvalue weighted by molar-refractivity contribution is 0.593. The Kier molecular flexibility index (Phi) is 6.16. The first-order valence-corrected chi connectivity index (χ1v) is 6.34. The van der Waals surface area contributed by atoms with Gasteiger partial charge in [0.1, 0.15) is 11.0 Å². The molecule has 1 atom stereocenters. The highest BCUT2D eigenvalue weighted by atomic mass is 35.5. The Morgan fingerprint density at radius 3 is 2.81 bits per heavy atom. The molecule has 16 heavy (non-hydrogen) atoms. The van der Waals surface area contributed by atoms with Gasteiger partial charge in [0.25, 0.3) is 0 Å². The van der Waals surface area contributed by atoms with Gasteiger partial charge in [0.05, 0.1) is 12.4 Å². The molecular weight excluding hydrogens is 222 g/mol. The first-order chi connectivity index (χ1) is 7.72. The van der Waals surface area contributed by atoms with E-state index in [1.165, 1.54) is 25.7 Å². The van der Waals surface area contributed by atoms with Gasteiger partial charge in [-0.05, 0) is 13.3 Å². The van der Waals surface area contributed by atoms with Crippen molar-refractivity contribution in [1.29, 1.82) is 0 Å². The number of unbranched alkanes of at least 4 members (excludes halogenated alkanes) is 3. The van der Waals surface area contributed by atoms with E-state index in [2.05, 4.69) is 29.1 Å². The minimum Gasteiger partial charge on any atom is -0.366 e. The van der Waals surface area contributed by atoms with Gasteiger partial charge in [-0.15, -0.1) is 0 Å². The van der Waals surface area contributed by atoms with Crippen LogP contribution in [0.3, 0.4) is 0 Å². The van der Waals surface area contributed by atoms with Crippen molar-refractivity contribution < 1.29 is 0 Å². The number of rotatable bonds is 7. The van der Waals surface area contributed by atoms with Gasteiger partial charge in [-0.2, -0.15) is 0 Å². The number of halogens is 1. The number of aromatic nitrogens is 2. The molecule has 1 N–H and O–H groups in total. The highest BCUT2D eigenvalue weighted by molar-refractivity contribution is 6.29. The summed E-state index contributed by atoms with van der Waals surface area (Å²) in [6.07, 6.45) is 9.58. The molecule has 0 aliphatic rings. The van der Waals surface area contributed by atoms with Crippen molar-refractivity contribution in [3.05, 3.63) is 17.5 Å². The summed E-state index contributed by atoms with van der Waals surface area (Å²) >= 11 is 5.76. The predicted octanol–water partition coefficient (Wildman–Crippen LogP) is 3.90. The summed E-state index contributed by atoms with van der Waals surface area (Å²) in [5, 5.41) is 3.74.